The summed E-state index contributed by atoms with van der Waals surface area (Å²) in [5, 5.41) is 8.34. The van der Waals surface area contributed by atoms with Crippen molar-refractivity contribution in [2.45, 2.75) is 19.8 Å². The third-order valence-electron chi connectivity index (χ3n) is 1.98. The molecule has 0 aliphatic rings. The number of aliphatic hydroxyl groups is 1. The summed E-state index contributed by atoms with van der Waals surface area (Å²) in [6, 6.07) is 9.64. The number of hydrogen-bond donors (Lipinski definition) is 1. The van der Waals surface area contributed by atoms with E-state index in [-0.39, 0.29) is 5.97 Å². The Morgan fingerprint density at radius 2 is 2.06 bits per heavy atom. The second kappa shape index (κ2) is 11.5. The minimum atomic E-state index is -0.330. The predicted molar refractivity (Wildman–Crippen MR) is 74.2 cm³/mol. The van der Waals surface area contributed by atoms with Gasteiger partial charge in [0, 0.05) is 6.08 Å². The fourth-order valence-corrected chi connectivity index (χ4v) is 1.03. The summed E-state index contributed by atoms with van der Waals surface area (Å²) in [6.45, 7) is 5.82. The highest BCUT2D eigenvalue weighted by Crippen LogP contribution is 1.98. The van der Waals surface area contributed by atoms with Crippen molar-refractivity contribution in [3.05, 3.63) is 54.8 Å². The Morgan fingerprint density at radius 3 is 2.56 bits per heavy atom. The summed E-state index contributed by atoms with van der Waals surface area (Å²) in [4.78, 5) is 10.3. The van der Waals surface area contributed by atoms with Gasteiger partial charge in [-0.2, -0.15) is 0 Å². The van der Waals surface area contributed by atoms with Gasteiger partial charge >= 0.3 is 5.97 Å². The van der Waals surface area contributed by atoms with Crippen molar-refractivity contribution < 1.29 is 14.6 Å². The number of esters is 1. The Balaban J connectivity index is 0.000000321. The number of carbonyl (C=O) groups is 1. The second-order valence-corrected chi connectivity index (χ2v) is 3.45. The Morgan fingerprint density at radius 1 is 1.39 bits per heavy atom. The fraction of sp³-hybridized carbons (Fsp3) is 0.267. The standard InChI is InChI=1S/C8H8O.C7H12O2/c9-7-6-8-4-2-1-3-5-8;1-3-5-6-9-7(8)4-2/h1-7,9H;4H,2-3,5-6H2,1H3. The van der Waals surface area contributed by atoms with Crippen LogP contribution in [0.1, 0.15) is 25.3 Å². The molecule has 0 heterocycles. The lowest BCUT2D eigenvalue weighted by Crippen LogP contribution is -2.00. The van der Waals surface area contributed by atoms with Crippen LogP contribution < -0.4 is 0 Å². The molecule has 3 nitrogen and oxygen atoms in total. The van der Waals surface area contributed by atoms with Gasteiger partial charge in [-0.1, -0.05) is 50.3 Å². The van der Waals surface area contributed by atoms with E-state index in [0.29, 0.717) is 6.61 Å². The van der Waals surface area contributed by atoms with Gasteiger partial charge in [-0.05, 0) is 18.1 Å². The summed E-state index contributed by atoms with van der Waals surface area (Å²) in [5.41, 5.74) is 1.01. The molecule has 0 spiro atoms. The van der Waals surface area contributed by atoms with Crippen molar-refractivity contribution in [2.75, 3.05) is 6.61 Å². The van der Waals surface area contributed by atoms with Crippen molar-refractivity contribution in [1.29, 1.82) is 0 Å². The van der Waals surface area contributed by atoms with Crippen molar-refractivity contribution in [3.8, 4) is 0 Å². The fourth-order valence-electron chi connectivity index (χ4n) is 1.03. The molecule has 0 aliphatic heterocycles. The van der Waals surface area contributed by atoms with Crippen molar-refractivity contribution >= 4 is 12.0 Å². The van der Waals surface area contributed by atoms with Gasteiger partial charge in [0.1, 0.15) is 0 Å². The van der Waals surface area contributed by atoms with Gasteiger partial charge in [-0.15, -0.1) is 0 Å². The van der Waals surface area contributed by atoms with Gasteiger partial charge in [0.15, 0.2) is 0 Å². The molecule has 0 aromatic heterocycles. The first-order chi connectivity index (χ1) is 8.74. The number of benzene rings is 1. The van der Waals surface area contributed by atoms with E-state index in [9.17, 15) is 4.79 Å². The van der Waals surface area contributed by atoms with Crippen LogP contribution in [-0.4, -0.2) is 17.7 Å². The molecular formula is C15H20O3. The first kappa shape index (κ1) is 16.0. The number of rotatable bonds is 5. The van der Waals surface area contributed by atoms with Crippen LogP contribution >= 0.6 is 0 Å². The van der Waals surface area contributed by atoms with Crippen LogP contribution in [0.4, 0.5) is 0 Å². The van der Waals surface area contributed by atoms with Crippen LogP contribution in [0, 0.1) is 0 Å². The van der Waals surface area contributed by atoms with E-state index < -0.39 is 0 Å². The molecule has 98 valence electrons. The minimum absolute atomic E-state index is 0.330. The van der Waals surface area contributed by atoms with E-state index in [1.165, 1.54) is 6.08 Å². The van der Waals surface area contributed by atoms with Crippen molar-refractivity contribution in [3.63, 3.8) is 0 Å². The van der Waals surface area contributed by atoms with Gasteiger partial charge in [-0.3, -0.25) is 0 Å². The first-order valence-electron chi connectivity index (χ1n) is 5.89. The molecule has 3 heteroatoms. The molecule has 0 radical (unpaired) electrons. The first-order valence-corrected chi connectivity index (χ1v) is 5.89. The zero-order chi connectivity index (χ0) is 13.6. The summed E-state index contributed by atoms with van der Waals surface area (Å²) in [5.74, 6) is -0.330. The summed E-state index contributed by atoms with van der Waals surface area (Å²) in [6.07, 6.45) is 5.83. The zero-order valence-corrected chi connectivity index (χ0v) is 10.7. The van der Waals surface area contributed by atoms with Crippen LogP contribution in [-0.2, 0) is 9.53 Å². The van der Waals surface area contributed by atoms with Crippen LogP contribution in [0.25, 0.3) is 6.08 Å². The molecule has 0 bridgehead atoms. The zero-order valence-electron chi connectivity index (χ0n) is 10.7. The Bertz CT molecular complexity index is 355. The summed E-state index contributed by atoms with van der Waals surface area (Å²) in [7, 11) is 0. The molecule has 1 rings (SSSR count). The molecule has 0 saturated heterocycles. The Labute approximate surface area is 108 Å². The van der Waals surface area contributed by atoms with Gasteiger partial charge in [-0.25, -0.2) is 4.79 Å². The molecule has 0 atom stereocenters. The lowest BCUT2D eigenvalue weighted by Gasteiger charge is -1.97. The van der Waals surface area contributed by atoms with E-state index in [4.69, 9.17) is 5.11 Å². The lowest BCUT2D eigenvalue weighted by atomic mass is 10.2. The molecule has 1 N–H and O–H groups in total. The average molecular weight is 248 g/mol. The number of ether oxygens (including phenoxy) is 1. The molecule has 0 unspecified atom stereocenters. The summed E-state index contributed by atoms with van der Waals surface area (Å²) >= 11 is 0. The monoisotopic (exact) mass is 248 g/mol. The maximum absolute atomic E-state index is 10.3. The third-order valence-corrected chi connectivity index (χ3v) is 1.98. The number of unbranched alkanes of at least 4 members (excludes halogenated alkanes) is 1. The maximum Gasteiger partial charge on any atom is 0.330 e. The normalized spacial score (nSPS) is 9.39. The molecule has 0 amide bonds. The third kappa shape index (κ3) is 9.21. The quantitative estimate of drug-likeness (QED) is 0.374. The molecule has 1 aromatic rings. The van der Waals surface area contributed by atoms with Gasteiger partial charge in [0.05, 0.1) is 12.9 Å². The van der Waals surface area contributed by atoms with Gasteiger partial charge < -0.3 is 9.84 Å². The van der Waals surface area contributed by atoms with E-state index in [1.807, 2.05) is 37.3 Å². The van der Waals surface area contributed by atoms with Crippen LogP contribution in [0.3, 0.4) is 0 Å². The Hall–Kier alpha value is -2.03. The average Bonchev–Trinajstić information content (AvgIpc) is 2.41. The number of carbonyl (C=O) groups excluding carboxylic acids is 1. The van der Waals surface area contributed by atoms with Crippen molar-refractivity contribution in [2.24, 2.45) is 0 Å². The van der Waals surface area contributed by atoms with E-state index >= 15 is 0 Å². The van der Waals surface area contributed by atoms with E-state index in [1.54, 1.807) is 6.08 Å². The predicted octanol–water partition coefficient (Wildman–Crippen LogP) is 3.73. The molecule has 0 aliphatic carbocycles. The number of aliphatic hydroxyl groups excluding tert-OH is 1. The van der Waals surface area contributed by atoms with E-state index in [2.05, 4.69) is 11.3 Å². The molecule has 18 heavy (non-hydrogen) atoms. The highest BCUT2D eigenvalue weighted by atomic mass is 16.5. The van der Waals surface area contributed by atoms with E-state index in [0.717, 1.165) is 24.7 Å². The van der Waals surface area contributed by atoms with Gasteiger partial charge in [0.2, 0.25) is 0 Å². The molecule has 0 saturated carbocycles. The largest absolute Gasteiger partial charge is 0.516 e. The molecular weight excluding hydrogens is 228 g/mol. The molecule has 0 fully saturated rings. The smallest absolute Gasteiger partial charge is 0.330 e. The highest BCUT2D eigenvalue weighted by molar-refractivity contribution is 5.81. The van der Waals surface area contributed by atoms with Gasteiger partial charge in [0.25, 0.3) is 0 Å². The van der Waals surface area contributed by atoms with Crippen LogP contribution in [0.15, 0.2) is 49.2 Å². The minimum Gasteiger partial charge on any atom is -0.516 e. The molecule has 1 aromatic carbocycles. The SMILES string of the molecule is C=CC(=O)OCCCC.OC=Cc1ccccc1. The van der Waals surface area contributed by atoms with Crippen LogP contribution in [0.2, 0.25) is 0 Å². The van der Waals surface area contributed by atoms with Crippen LogP contribution in [0.5, 0.6) is 0 Å². The maximum atomic E-state index is 10.3. The van der Waals surface area contributed by atoms with Crippen molar-refractivity contribution in [1.82, 2.24) is 0 Å². The summed E-state index contributed by atoms with van der Waals surface area (Å²) < 4.78 is 4.67. The topological polar surface area (TPSA) is 46.5 Å². The highest BCUT2D eigenvalue weighted by Gasteiger charge is 1.91. The number of hydrogen-bond acceptors (Lipinski definition) is 3. The lowest BCUT2D eigenvalue weighted by molar-refractivity contribution is -0.137. The Kier molecular flexibility index (Phi) is 10.2. The second-order valence-electron chi connectivity index (χ2n) is 3.45.